The second-order valence-corrected chi connectivity index (χ2v) is 33.2. The first-order valence-corrected chi connectivity index (χ1v) is 41.9. The van der Waals surface area contributed by atoms with Gasteiger partial charge in [0.05, 0.1) is 92.8 Å². The quantitative estimate of drug-likeness (QED) is 0.0127. The Morgan fingerprint density at radius 3 is 1.88 bits per heavy atom. The molecule has 3 aliphatic heterocycles. The van der Waals surface area contributed by atoms with Crippen molar-refractivity contribution < 1.29 is 137 Å². The number of amides is 2. The van der Waals surface area contributed by atoms with E-state index in [0.29, 0.717) is 66.1 Å². The molecular weight excluding hydrogens is 1500 g/mol. The van der Waals surface area contributed by atoms with Crippen molar-refractivity contribution in [3.05, 3.63) is 106 Å². The molecule has 1 aromatic heterocycles. The Balaban J connectivity index is 0.911. The molecule has 3 unspecified atom stereocenters. The van der Waals surface area contributed by atoms with Crippen LogP contribution in [-0.2, 0) is 114 Å². The summed E-state index contributed by atoms with van der Waals surface area (Å²) in [5.74, 6) is -1.90. The summed E-state index contributed by atoms with van der Waals surface area (Å²) in [6.07, 6.45) is 4.98. The van der Waals surface area contributed by atoms with Gasteiger partial charge in [0.1, 0.15) is 30.7 Å². The standard InChI is InChI=1S/C61H91N7O30P2S4/c1-60(22-11-37-101(79,80)81)46-39-44(103(85,86)87)17-19-48(46)66(51(60)14-6-4-7-15-52-61(2,23-12-38-102(82,83)84)47-40-45(104(88,89)90)18-20-49(47)67(52)27-30-91-3)26-9-5-8-16-53(69)64-25-29-93-32-34-95-36-35-94-33-31-92-28-21-54(70)63-24-10-13-43-41-68(59(72)65-57(43)62)58-55(71)56(98-100(76,77)78)50(97-58)42-96-99(73,74)75/h4,6-7,14-15,17-20,39-41,50,55-56,58,71H,5,8-13,16,21-38,42H2,1-3H3,(H11-,62,63,64,65,69,70,72,73,74,75,76,77,78,79,80,81,82,83,84,85,86,87,88,89,90)/p+1/t50-,55?,56+,58-,60?,61?/m1/s1. The van der Waals surface area contributed by atoms with E-state index in [1.54, 1.807) is 50.3 Å². The average molecular weight is 1590 g/mol. The Bertz CT molecular complexity index is 4230. The summed E-state index contributed by atoms with van der Waals surface area (Å²) in [7, 11) is -27.0. The Hall–Kier alpha value is -5.67. The van der Waals surface area contributed by atoms with E-state index in [2.05, 4.69) is 24.7 Å². The number of aromatic nitrogens is 2. The van der Waals surface area contributed by atoms with Crippen LogP contribution >= 0.6 is 15.6 Å². The van der Waals surface area contributed by atoms with Gasteiger partial charge in [0, 0.05) is 92.3 Å². The number of nitrogens with zero attached hydrogens (tertiary/aromatic N) is 4. The highest BCUT2D eigenvalue weighted by molar-refractivity contribution is 7.86. The van der Waals surface area contributed by atoms with Gasteiger partial charge in [-0.1, -0.05) is 18.2 Å². The van der Waals surface area contributed by atoms with E-state index in [-0.39, 0.29) is 152 Å². The number of anilines is 2. The van der Waals surface area contributed by atoms with Crippen LogP contribution in [0.2, 0.25) is 0 Å². The van der Waals surface area contributed by atoms with Crippen molar-refractivity contribution in [2.24, 2.45) is 0 Å². The maximum Gasteiger partial charge on any atom is 0.470 e. The van der Waals surface area contributed by atoms with Gasteiger partial charge in [0.2, 0.25) is 17.5 Å². The number of phosphoric acid groups is 2. The lowest BCUT2D eigenvalue weighted by Gasteiger charge is -2.30. The molecule has 6 atom stereocenters. The molecule has 2 aromatic carbocycles. The van der Waals surface area contributed by atoms with E-state index >= 15 is 0 Å². The van der Waals surface area contributed by atoms with E-state index in [9.17, 15) is 90.3 Å². The Kier molecular flexibility index (Phi) is 32.7. The highest BCUT2D eigenvalue weighted by atomic mass is 32.2. The van der Waals surface area contributed by atoms with Crippen molar-refractivity contribution in [2.45, 2.75) is 130 Å². The minimum Gasteiger partial charge on any atom is -0.386 e. The number of methoxy groups -OCH3 is 1. The number of rotatable bonds is 47. The molecule has 13 N–H and O–H groups in total. The molecule has 3 aromatic rings. The SMILES string of the molecule is COCCN1/C(=C/C=C/C=C/C2=[N+](CCCCCC(=O)NCCOCCOCCOCCOCCC(=O)NCCCc3cn([C@@H]4O[C@H](COP(=O)(O)O)[C@H](OP(=O)(O)O)C4O)c(=O)nc3N)c3ccc(S(=O)(=O)O)cc3C2(C)CCCS(=O)(=O)O)C(C)(CCCS(=O)(=O)O)c2cc(S(=O)(=O)O)ccc21. The molecule has 0 radical (unpaired) electrons. The maximum absolute atomic E-state index is 12.8. The van der Waals surface area contributed by atoms with Crippen LogP contribution in [0.3, 0.4) is 0 Å². The van der Waals surface area contributed by atoms with E-state index in [1.807, 2.05) is 9.48 Å². The first kappa shape index (κ1) is 87.2. The van der Waals surface area contributed by atoms with Gasteiger partial charge < -0.3 is 74.4 Å². The van der Waals surface area contributed by atoms with E-state index in [1.165, 1.54) is 43.6 Å². The minimum absolute atomic E-state index is 0.0253. The number of hydrogen-bond donors (Lipinski definition) is 12. The number of nitrogen functional groups attached to an aromatic ring is 1. The van der Waals surface area contributed by atoms with Gasteiger partial charge >= 0.3 is 21.3 Å². The van der Waals surface area contributed by atoms with Crippen molar-refractivity contribution >= 4 is 90.8 Å². The first-order valence-electron chi connectivity index (χ1n) is 32.8. The molecule has 6 rings (SSSR count). The summed E-state index contributed by atoms with van der Waals surface area (Å²) in [4.78, 5) is 79.7. The van der Waals surface area contributed by atoms with E-state index in [0.717, 1.165) is 4.57 Å². The number of phosphoric ester groups is 2. The Morgan fingerprint density at radius 2 is 1.28 bits per heavy atom. The summed E-state index contributed by atoms with van der Waals surface area (Å²) < 4.78 is 204. The summed E-state index contributed by atoms with van der Waals surface area (Å²) in [5.41, 5.74) is 6.30. The molecule has 1 fully saturated rings. The lowest BCUT2D eigenvalue weighted by Crippen LogP contribution is -2.38. The Morgan fingerprint density at radius 1 is 0.702 bits per heavy atom. The van der Waals surface area contributed by atoms with Gasteiger partial charge in [0.25, 0.3) is 40.5 Å². The van der Waals surface area contributed by atoms with Crippen molar-refractivity contribution in [3.8, 4) is 0 Å². The smallest absolute Gasteiger partial charge is 0.386 e. The molecule has 584 valence electrons. The second kappa shape index (κ2) is 38.9. The van der Waals surface area contributed by atoms with Gasteiger partial charge in [-0.15, -0.1) is 0 Å². The maximum atomic E-state index is 12.8. The number of ether oxygens (including phenoxy) is 6. The number of hydrogen-bond acceptors (Lipinski definition) is 25. The molecule has 104 heavy (non-hydrogen) atoms. The molecule has 37 nitrogen and oxygen atoms in total. The molecule has 2 amide bonds. The zero-order valence-corrected chi connectivity index (χ0v) is 62.4. The van der Waals surface area contributed by atoms with Crippen LogP contribution in [0.1, 0.15) is 101 Å². The molecule has 0 spiro atoms. The van der Waals surface area contributed by atoms with Crippen LogP contribution in [0.5, 0.6) is 0 Å². The fourth-order valence-electron chi connectivity index (χ4n) is 12.2. The third-order valence-corrected chi connectivity index (χ3v) is 21.4. The normalized spacial score (nSPS) is 20.7. The summed E-state index contributed by atoms with van der Waals surface area (Å²) in [6, 6.07) is 8.23. The van der Waals surface area contributed by atoms with Gasteiger partial charge in [-0.05, 0) is 107 Å². The first-order chi connectivity index (χ1) is 48.7. The van der Waals surface area contributed by atoms with Crippen molar-refractivity contribution in [3.63, 3.8) is 0 Å². The lowest BCUT2D eigenvalue weighted by molar-refractivity contribution is -0.438. The number of nitrogens with two attached hydrogens (primary N) is 1. The fraction of sp³-hybridized carbons (Fsp3) is 0.590. The van der Waals surface area contributed by atoms with Gasteiger partial charge in [0.15, 0.2) is 11.9 Å². The predicted octanol–water partition coefficient (Wildman–Crippen LogP) is 2.16. The number of unbranched alkanes of at least 4 members (excludes halogenated alkanes) is 2. The predicted molar refractivity (Wildman–Crippen MR) is 372 cm³/mol. The molecule has 3 aliphatic rings. The largest absolute Gasteiger partial charge is 0.470 e. The number of fused-ring (bicyclic) bond motifs is 2. The van der Waals surface area contributed by atoms with Crippen LogP contribution in [0, 0.1) is 0 Å². The van der Waals surface area contributed by atoms with Crippen molar-refractivity contribution in [1.29, 1.82) is 0 Å². The van der Waals surface area contributed by atoms with Crippen LogP contribution in [0.15, 0.2) is 93.3 Å². The number of aliphatic hydroxyl groups excluding tert-OH is 1. The van der Waals surface area contributed by atoms with Gasteiger partial charge in [-0.3, -0.25) is 41.4 Å². The number of allylic oxidation sites excluding steroid dienone is 6. The number of nitrogens with one attached hydrogen (secondary N) is 2. The summed E-state index contributed by atoms with van der Waals surface area (Å²) >= 11 is 0. The monoisotopic (exact) mass is 1590 g/mol. The lowest BCUT2D eigenvalue weighted by atomic mass is 9.76. The molecule has 0 saturated carbocycles. The van der Waals surface area contributed by atoms with Crippen LogP contribution < -0.4 is 27.0 Å². The Labute approximate surface area is 602 Å². The number of carbonyl (C=O) groups is 2. The van der Waals surface area contributed by atoms with Gasteiger partial charge in [-0.25, -0.2) is 13.9 Å². The van der Waals surface area contributed by atoms with Crippen molar-refractivity contribution in [2.75, 3.05) is 121 Å². The molecule has 1 saturated heterocycles. The number of carbonyl (C=O) groups excluding carboxylic acids is 2. The minimum atomic E-state index is -5.29. The van der Waals surface area contributed by atoms with E-state index in [4.69, 9.17) is 43.9 Å². The van der Waals surface area contributed by atoms with Crippen LogP contribution in [-0.4, -0.2) is 237 Å². The molecular formula is C61H92N7O30P2S4+. The zero-order chi connectivity index (χ0) is 76.9. The summed E-state index contributed by atoms with van der Waals surface area (Å²) in [5, 5.41) is 16.4. The average Bonchev–Trinajstić information content (AvgIpc) is 1.58. The molecule has 4 heterocycles. The highest BCUT2D eigenvalue weighted by Gasteiger charge is 2.51. The summed E-state index contributed by atoms with van der Waals surface area (Å²) in [6.45, 7) is 5.54. The van der Waals surface area contributed by atoms with Crippen LogP contribution in [0.4, 0.5) is 17.2 Å². The number of aliphatic hydroxyl groups is 1. The number of aryl methyl sites for hydroxylation is 1. The third kappa shape index (κ3) is 26.9. The van der Waals surface area contributed by atoms with E-state index < -0.39 is 120 Å². The second-order valence-electron chi connectivity index (χ2n) is 24.8. The van der Waals surface area contributed by atoms with Crippen LogP contribution in [0.25, 0.3) is 0 Å². The van der Waals surface area contributed by atoms with Gasteiger partial charge in [-0.2, -0.15) is 43.2 Å². The molecule has 0 aliphatic carbocycles. The fourth-order valence-corrected chi connectivity index (χ4v) is 15.1. The van der Waals surface area contributed by atoms with Crippen molar-refractivity contribution in [1.82, 2.24) is 20.2 Å². The third-order valence-electron chi connectivity index (χ3n) is 17.1. The zero-order valence-electron chi connectivity index (χ0n) is 57.3. The molecule has 43 heteroatoms. The topological polar surface area (TPSA) is 552 Å². The number of benzene rings is 2. The highest BCUT2D eigenvalue weighted by Crippen LogP contribution is 2.52. The molecule has 0 bridgehead atoms.